The zero-order valence-electron chi connectivity index (χ0n) is 11.9. The van der Waals surface area contributed by atoms with Crippen LogP contribution in [0.25, 0.3) is 0 Å². The standard InChI is InChI=1S/C14H14F3NO3S/c1-4-13(14(15,16)17,12(19)21-5-2)18-22(20)11-8-6-10(3)7-9-11/h1,6-9,18H,5H2,2-3H3/t13-,22-/m0/s1. The number of carbonyl (C=O) groups is 1. The number of nitrogens with one attached hydrogen (secondary N) is 1. The minimum absolute atomic E-state index is 0.0544. The first-order chi connectivity index (χ1) is 10.2. The first-order valence-electron chi connectivity index (χ1n) is 6.16. The Bertz CT molecular complexity index is 607. The number of hydrogen-bond acceptors (Lipinski definition) is 3. The second-order valence-corrected chi connectivity index (χ2v) is 5.51. The van der Waals surface area contributed by atoms with E-state index in [9.17, 15) is 22.2 Å². The van der Waals surface area contributed by atoms with E-state index in [0.29, 0.717) is 0 Å². The van der Waals surface area contributed by atoms with Crippen LogP contribution in [0, 0.1) is 19.3 Å². The summed E-state index contributed by atoms with van der Waals surface area (Å²) in [5.74, 6) is -0.369. The van der Waals surface area contributed by atoms with Crippen LogP contribution in [0.4, 0.5) is 13.2 Å². The van der Waals surface area contributed by atoms with Crippen LogP contribution in [0.3, 0.4) is 0 Å². The van der Waals surface area contributed by atoms with Crippen molar-refractivity contribution in [2.75, 3.05) is 6.61 Å². The lowest BCUT2D eigenvalue weighted by molar-refractivity contribution is -0.196. The quantitative estimate of drug-likeness (QED) is 0.663. The van der Waals surface area contributed by atoms with Gasteiger partial charge in [-0.25, -0.2) is 9.00 Å². The lowest BCUT2D eigenvalue weighted by Gasteiger charge is -2.28. The summed E-state index contributed by atoms with van der Waals surface area (Å²) in [4.78, 5) is 11.7. The van der Waals surface area contributed by atoms with Crippen molar-refractivity contribution in [1.82, 2.24) is 4.72 Å². The molecule has 1 rings (SSSR count). The fourth-order valence-corrected chi connectivity index (χ4v) is 2.52. The molecule has 0 amide bonds. The molecule has 1 aromatic rings. The highest BCUT2D eigenvalue weighted by Crippen LogP contribution is 2.32. The second-order valence-electron chi connectivity index (χ2n) is 4.30. The zero-order chi connectivity index (χ0) is 17.0. The predicted molar refractivity (Wildman–Crippen MR) is 75.0 cm³/mol. The van der Waals surface area contributed by atoms with Crippen LogP contribution in [0.15, 0.2) is 29.2 Å². The molecule has 0 radical (unpaired) electrons. The molecule has 0 aliphatic heterocycles. The summed E-state index contributed by atoms with van der Waals surface area (Å²) in [5.41, 5.74) is -2.64. The van der Waals surface area contributed by atoms with Gasteiger partial charge in [-0.3, -0.25) is 0 Å². The molecule has 4 nitrogen and oxygen atoms in total. The highest BCUT2D eigenvalue weighted by molar-refractivity contribution is 7.83. The van der Waals surface area contributed by atoms with Crippen LogP contribution in [0.2, 0.25) is 0 Å². The molecular weight excluding hydrogens is 319 g/mol. The second kappa shape index (κ2) is 6.94. The number of alkyl halides is 3. The molecule has 0 unspecified atom stereocenters. The van der Waals surface area contributed by atoms with Crippen molar-refractivity contribution >= 4 is 17.0 Å². The molecule has 22 heavy (non-hydrogen) atoms. The topological polar surface area (TPSA) is 55.4 Å². The Morgan fingerprint density at radius 2 is 1.91 bits per heavy atom. The van der Waals surface area contributed by atoms with Crippen molar-refractivity contribution in [3.05, 3.63) is 29.8 Å². The summed E-state index contributed by atoms with van der Waals surface area (Å²) in [6, 6.07) is 5.90. The number of benzene rings is 1. The van der Waals surface area contributed by atoms with E-state index in [4.69, 9.17) is 6.42 Å². The smallest absolute Gasteiger partial charge is 0.429 e. The van der Waals surface area contributed by atoms with Gasteiger partial charge in [0.2, 0.25) is 0 Å². The first-order valence-corrected chi connectivity index (χ1v) is 7.31. The average Bonchev–Trinajstić information content (AvgIpc) is 2.44. The molecular formula is C14H14F3NO3S. The molecule has 0 aliphatic carbocycles. The molecule has 0 aromatic heterocycles. The van der Waals surface area contributed by atoms with Crippen LogP contribution in [0.1, 0.15) is 12.5 Å². The Morgan fingerprint density at radius 1 is 1.36 bits per heavy atom. The highest BCUT2D eigenvalue weighted by atomic mass is 32.2. The largest absolute Gasteiger partial charge is 0.464 e. The van der Waals surface area contributed by atoms with Gasteiger partial charge in [-0.1, -0.05) is 23.6 Å². The van der Waals surface area contributed by atoms with Crippen LogP contribution in [-0.2, 0) is 20.5 Å². The van der Waals surface area contributed by atoms with Crippen LogP contribution in [0.5, 0.6) is 0 Å². The van der Waals surface area contributed by atoms with Crippen molar-refractivity contribution in [2.24, 2.45) is 0 Å². The first kappa shape index (κ1) is 18.2. The van der Waals surface area contributed by atoms with Gasteiger partial charge in [0, 0.05) is 0 Å². The monoisotopic (exact) mass is 333 g/mol. The van der Waals surface area contributed by atoms with Crippen LogP contribution < -0.4 is 4.72 Å². The molecule has 1 N–H and O–H groups in total. The van der Waals surface area contributed by atoms with E-state index >= 15 is 0 Å². The third kappa shape index (κ3) is 3.67. The van der Waals surface area contributed by atoms with E-state index in [1.54, 1.807) is 23.8 Å². The Labute approximate surface area is 128 Å². The molecule has 0 saturated heterocycles. The number of carbonyl (C=O) groups excluding carboxylic acids is 1. The molecule has 0 aliphatic rings. The van der Waals surface area contributed by atoms with Gasteiger partial charge >= 0.3 is 12.1 Å². The zero-order valence-corrected chi connectivity index (χ0v) is 12.7. The lowest BCUT2D eigenvalue weighted by Crippen LogP contribution is -2.62. The van der Waals surface area contributed by atoms with Gasteiger partial charge in [-0.05, 0) is 26.0 Å². The maximum absolute atomic E-state index is 13.2. The van der Waals surface area contributed by atoms with Crippen molar-refractivity contribution < 1.29 is 26.9 Å². The normalized spacial score (nSPS) is 15.5. The van der Waals surface area contributed by atoms with Crippen molar-refractivity contribution in [1.29, 1.82) is 0 Å². The molecule has 0 bridgehead atoms. The van der Waals surface area contributed by atoms with Crippen LogP contribution >= 0.6 is 0 Å². The SMILES string of the molecule is C#C[C@](N[S@@](=O)c1ccc(C)cc1)(C(=O)OCC)C(F)(F)F. The summed E-state index contributed by atoms with van der Waals surface area (Å²) in [7, 11) is -2.34. The van der Waals surface area contributed by atoms with Gasteiger partial charge in [0.15, 0.2) is 0 Å². The molecule has 0 fully saturated rings. The summed E-state index contributed by atoms with van der Waals surface area (Å²) in [6.07, 6.45) is -0.264. The van der Waals surface area contributed by atoms with E-state index in [1.165, 1.54) is 25.0 Å². The van der Waals surface area contributed by atoms with Gasteiger partial charge in [0.25, 0.3) is 5.54 Å². The molecule has 120 valence electrons. The minimum Gasteiger partial charge on any atom is -0.464 e. The fraction of sp³-hybridized carbons (Fsp3) is 0.357. The summed E-state index contributed by atoms with van der Waals surface area (Å²) >= 11 is 0. The van der Waals surface area contributed by atoms with E-state index in [2.05, 4.69) is 4.74 Å². The summed E-state index contributed by atoms with van der Waals surface area (Å²) in [6.45, 7) is 2.81. The molecule has 2 atom stereocenters. The number of terminal acetylenes is 1. The maximum atomic E-state index is 13.2. The average molecular weight is 333 g/mol. The number of aryl methyl sites for hydroxylation is 1. The molecule has 0 spiro atoms. The van der Waals surface area contributed by atoms with Crippen molar-refractivity contribution in [3.8, 4) is 12.3 Å². The Morgan fingerprint density at radius 3 is 2.32 bits per heavy atom. The number of esters is 1. The van der Waals surface area contributed by atoms with Gasteiger partial charge in [-0.2, -0.15) is 17.9 Å². The van der Waals surface area contributed by atoms with Gasteiger partial charge in [0.1, 0.15) is 11.0 Å². The van der Waals surface area contributed by atoms with E-state index < -0.39 is 28.7 Å². The number of hydrogen-bond donors (Lipinski definition) is 1. The van der Waals surface area contributed by atoms with Gasteiger partial charge in [0.05, 0.1) is 11.5 Å². The predicted octanol–water partition coefficient (Wildman–Crippen LogP) is 2.10. The Kier molecular flexibility index (Phi) is 5.74. The fourth-order valence-electron chi connectivity index (χ4n) is 1.48. The molecule has 8 heteroatoms. The van der Waals surface area contributed by atoms with Gasteiger partial charge in [-0.15, -0.1) is 6.42 Å². The van der Waals surface area contributed by atoms with Crippen molar-refractivity contribution in [3.63, 3.8) is 0 Å². The third-order valence-corrected chi connectivity index (χ3v) is 3.90. The number of halogens is 3. The highest BCUT2D eigenvalue weighted by Gasteiger charge is 2.62. The lowest BCUT2D eigenvalue weighted by atomic mass is 10.0. The van der Waals surface area contributed by atoms with Crippen LogP contribution in [-0.4, -0.2) is 28.5 Å². The number of ether oxygens (including phenoxy) is 1. The Balaban J connectivity index is 3.19. The summed E-state index contributed by atoms with van der Waals surface area (Å²) < 4.78 is 57.9. The van der Waals surface area contributed by atoms with E-state index in [-0.39, 0.29) is 11.5 Å². The van der Waals surface area contributed by atoms with E-state index in [1.807, 2.05) is 0 Å². The van der Waals surface area contributed by atoms with E-state index in [0.717, 1.165) is 5.56 Å². The molecule has 1 aromatic carbocycles. The summed E-state index contributed by atoms with van der Waals surface area (Å²) in [5, 5.41) is 0. The third-order valence-electron chi connectivity index (χ3n) is 2.70. The maximum Gasteiger partial charge on any atom is 0.429 e. The number of rotatable bonds is 5. The molecule has 0 saturated carbocycles. The van der Waals surface area contributed by atoms with Crippen molar-refractivity contribution in [2.45, 2.75) is 30.5 Å². The van der Waals surface area contributed by atoms with Gasteiger partial charge < -0.3 is 4.74 Å². The minimum atomic E-state index is -5.17. The molecule has 0 heterocycles. The Hall–Kier alpha value is -1.85.